The minimum Gasteiger partial charge on any atom is -0.497 e. The van der Waals surface area contributed by atoms with Crippen LogP contribution in [0.3, 0.4) is 0 Å². The lowest BCUT2D eigenvalue weighted by atomic mass is 10.2. The van der Waals surface area contributed by atoms with Gasteiger partial charge in [-0.15, -0.1) is 15.3 Å². The summed E-state index contributed by atoms with van der Waals surface area (Å²) < 4.78 is 6.65. The Morgan fingerprint density at radius 2 is 1.74 bits per heavy atom. The van der Waals surface area contributed by atoms with Crippen molar-refractivity contribution in [2.75, 3.05) is 12.0 Å². The third-order valence-corrected chi connectivity index (χ3v) is 4.80. The predicted molar refractivity (Wildman–Crippen MR) is 105 cm³/mol. The minimum absolute atomic E-state index is 0.131. The Bertz CT molecular complexity index is 998. The number of amides is 1. The zero-order chi connectivity index (χ0) is 18.6. The quantitative estimate of drug-likeness (QED) is 0.653. The topological polar surface area (TPSA) is 72.6 Å². The summed E-state index contributed by atoms with van der Waals surface area (Å²) >= 11 is 1.30. The minimum atomic E-state index is -0.131. The summed E-state index contributed by atoms with van der Waals surface area (Å²) in [7, 11) is 1.62. The monoisotopic (exact) mass is 377 g/mol. The molecule has 2 aromatic carbocycles. The van der Waals surface area contributed by atoms with Gasteiger partial charge in [-0.3, -0.25) is 9.69 Å². The van der Waals surface area contributed by atoms with E-state index in [2.05, 4.69) is 15.3 Å². The number of para-hydroxylation sites is 1. The van der Waals surface area contributed by atoms with Crippen molar-refractivity contribution in [3.63, 3.8) is 0 Å². The van der Waals surface area contributed by atoms with Crippen molar-refractivity contribution in [3.8, 4) is 5.75 Å². The van der Waals surface area contributed by atoms with Crippen LogP contribution in [0.5, 0.6) is 5.75 Å². The van der Waals surface area contributed by atoms with Crippen LogP contribution in [-0.2, 0) is 4.79 Å². The highest BCUT2D eigenvalue weighted by atomic mass is 32.2. The molecule has 0 unspecified atom stereocenters. The van der Waals surface area contributed by atoms with Crippen LogP contribution in [-0.4, -0.2) is 33.1 Å². The highest BCUT2D eigenvalue weighted by molar-refractivity contribution is 8.19. The van der Waals surface area contributed by atoms with Gasteiger partial charge < -0.3 is 4.74 Å². The second kappa shape index (κ2) is 7.46. The summed E-state index contributed by atoms with van der Waals surface area (Å²) in [6.45, 7) is 0. The first-order valence-electron chi connectivity index (χ1n) is 8.11. The van der Waals surface area contributed by atoms with Gasteiger partial charge in [-0.1, -0.05) is 30.3 Å². The molecule has 1 amide bonds. The Hall–Kier alpha value is -3.39. The van der Waals surface area contributed by atoms with E-state index in [1.807, 2.05) is 60.7 Å². The molecule has 27 heavy (non-hydrogen) atoms. The van der Waals surface area contributed by atoms with Gasteiger partial charge in [0.15, 0.2) is 0 Å². The molecule has 0 radical (unpaired) electrons. The van der Waals surface area contributed by atoms with Gasteiger partial charge in [0.05, 0.1) is 17.7 Å². The lowest BCUT2D eigenvalue weighted by molar-refractivity contribution is -0.113. The van der Waals surface area contributed by atoms with Gasteiger partial charge in [0.25, 0.3) is 5.91 Å². The number of rotatable bonds is 4. The maximum Gasteiger partial charge on any atom is 0.271 e. The van der Waals surface area contributed by atoms with Gasteiger partial charge >= 0.3 is 0 Å². The third-order valence-electron chi connectivity index (χ3n) is 3.84. The van der Waals surface area contributed by atoms with Crippen LogP contribution in [0.4, 0.5) is 5.69 Å². The lowest BCUT2D eigenvalue weighted by Gasteiger charge is -2.15. The SMILES string of the molecule is COc1ccc(/C=C2/S/C(=N\n3cnnc3)N(c3ccccc3)C2=O)cc1. The molecule has 4 rings (SSSR count). The van der Waals surface area contributed by atoms with E-state index in [0.717, 1.165) is 17.0 Å². The van der Waals surface area contributed by atoms with Crippen molar-refractivity contribution in [1.29, 1.82) is 0 Å². The summed E-state index contributed by atoms with van der Waals surface area (Å²) in [5.74, 6) is 0.636. The number of anilines is 1. The molecule has 0 atom stereocenters. The zero-order valence-corrected chi connectivity index (χ0v) is 15.2. The highest BCUT2D eigenvalue weighted by Crippen LogP contribution is 2.36. The number of benzene rings is 2. The van der Waals surface area contributed by atoms with Crippen LogP contribution >= 0.6 is 11.8 Å². The first kappa shape index (κ1) is 17.0. The standard InChI is InChI=1S/C19H15N5O2S/c1-26-16-9-7-14(8-10-16)11-17-18(25)24(15-5-3-2-4-6-15)19(27-17)22-23-12-20-21-13-23/h2-13H,1H3/b17-11+,22-19-. The second-order valence-electron chi connectivity index (χ2n) is 5.58. The summed E-state index contributed by atoms with van der Waals surface area (Å²) in [6.07, 6.45) is 4.80. The average molecular weight is 377 g/mol. The maximum atomic E-state index is 13.1. The Kier molecular flexibility index (Phi) is 4.71. The fourth-order valence-electron chi connectivity index (χ4n) is 2.54. The van der Waals surface area contributed by atoms with E-state index in [4.69, 9.17) is 4.74 Å². The molecule has 1 aromatic heterocycles. The molecule has 1 fully saturated rings. The summed E-state index contributed by atoms with van der Waals surface area (Å²) in [5, 5.41) is 12.5. The van der Waals surface area contributed by atoms with Crippen LogP contribution in [0, 0.1) is 0 Å². The molecular weight excluding hydrogens is 362 g/mol. The smallest absolute Gasteiger partial charge is 0.271 e. The fraction of sp³-hybridized carbons (Fsp3) is 0.0526. The molecule has 0 spiro atoms. The number of aromatic nitrogens is 3. The predicted octanol–water partition coefficient (Wildman–Crippen LogP) is 3.23. The number of hydrogen-bond donors (Lipinski definition) is 0. The molecule has 0 saturated carbocycles. The van der Waals surface area contributed by atoms with Gasteiger partial charge in [-0.25, -0.2) is 4.68 Å². The molecule has 7 nitrogen and oxygen atoms in total. The number of carbonyl (C=O) groups excluding carboxylic acids is 1. The number of amidine groups is 1. The fourth-order valence-corrected chi connectivity index (χ4v) is 3.53. The average Bonchev–Trinajstić information content (AvgIpc) is 3.32. The molecule has 1 saturated heterocycles. The van der Waals surface area contributed by atoms with Gasteiger partial charge in [0.1, 0.15) is 18.4 Å². The van der Waals surface area contributed by atoms with E-state index >= 15 is 0 Å². The van der Waals surface area contributed by atoms with Crippen LogP contribution in [0.25, 0.3) is 6.08 Å². The summed E-state index contributed by atoms with van der Waals surface area (Å²) in [5.41, 5.74) is 1.66. The Labute approximate surface area is 160 Å². The molecule has 0 bridgehead atoms. The van der Waals surface area contributed by atoms with E-state index in [0.29, 0.717) is 10.1 Å². The van der Waals surface area contributed by atoms with Gasteiger partial charge in [0.2, 0.25) is 5.17 Å². The third kappa shape index (κ3) is 3.61. The van der Waals surface area contributed by atoms with Crippen molar-refractivity contribution < 1.29 is 9.53 Å². The van der Waals surface area contributed by atoms with Gasteiger partial charge in [0, 0.05) is 0 Å². The molecule has 134 valence electrons. The molecule has 1 aliphatic rings. The van der Waals surface area contributed by atoms with E-state index in [1.54, 1.807) is 12.0 Å². The maximum absolute atomic E-state index is 13.1. The number of nitrogens with zero attached hydrogens (tertiary/aromatic N) is 5. The number of methoxy groups -OCH3 is 1. The van der Waals surface area contributed by atoms with E-state index in [-0.39, 0.29) is 5.91 Å². The lowest BCUT2D eigenvalue weighted by Crippen LogP contribution is -2.29. The number of ether oxygens (including phenoxy) is 1. The van der Waals surface area contributed by atoms with Crippen molar-refractivity contribution in [1.82, 2.24) is 14.9 Å². The number of hydrogen-bond acceptors (Lipinski definition) is 6. The Morgan fingerprint density at radius 3 is 2.41 bits per heavy atom. The van der Waals surface area contributed by atoms with E-state index in [1.165, 1.54) is 29.1 Å². The molecule has 2 heterocycles. The summed E-state index contributed by atoms with van der Waals surface area (Å²) in [4.78, 5) is 15.2. The van der Waals surface area contributed by atoms with E-state index in [9.17, 15) is 4.79 Å². The largest absolute Gasteiger partial charge is 0.497 e. The Morgan fingerprint density at radius 1 is 1.04 bits per heavy atom. The van der Waals surface area contributed by atoms with Crippen LogP contribution in [0.2, 0.25) is 0 Å². The molecule has 8 heteroatoms. The summed E-state index contributed by atoms with van der Waals surface area (Å²) in [6, 6.07) is 16.9. The van der Waals surface area contributed by atoms with Gasteiger partial charge in [-0.2, -0.15) is 0 Å². The zero-order valence-electron chi connectivity index (χ0n) is 14.4. The normalized spacial score (nSPS) is 17.1. The van der Waals surface area contributed by atoms with Crippen LogP contribution < -0.4 is 9.64 Å². The van der Waals surface area contributed by atoms with Crippen molar-refractivity contribution in [3.05, 3.63) is 77.7 Å². The molecule has 3 aromatic rings. The molecule has 1 aliphatic heterocycles. The van der Waals surface area contributed by atoms with Crippen molar-refractivity contribution >= 4 is 34.6 Å². The number of thioether (sulfide) groups is 1. The molecule has 0 N–H and O–H groups in total. The first-order valence-corrected chi connectivity index (χ1v) is 8.93. The first-order chi connectivity index (χ1) is 13.2. The van der Waals surface area contributed by atoms with E-state index < -0.39 is 0 Å². The molecule has 0 aliphatic carbocycles. The molecular formula is C19H15N5O2S. The van der Waals surface area contributed by atoms with Crippen molar-refractivity contribution in [2.24, 2.45) is 5.10 Å². The van der Waals surface area contributed by atoms with Crippen LogP contribution in [0.1, 0.15) is 5.56 Å². The van der Waals surface area contributed by atoms with Crippen LogP contribution in [0.15, 0.2) is 77.3 Å². The van der Waals surface area contributed by atoms with Crippen molar-refractivity contribution in [2.45, 2.75) is 0 Å². The number of carbonyl (C=O) groups is 1. The Balaban J connectivity index is 1.72. The van der Waals surface area contributed by atoms with Gasteiger partial charge in [-0.05, 0) is 47.7 Å². The highest BCUT2D eigenvalue weighted by Gasteiger charge is 2.35. The second-order valence-corrected chi connectivity index (χ2v) is 6.59.